The first-order chi connectivity index (χ1) is 12.0. The van der Waals surface area contributed by atoms with E-state index in [-0.39, 0.29) is 12.2 Å². The van der Waals surface area contributed by atoms with E-state index in [4.69, 9.17) is 9.47 Å². The van der Waals surface area contributed by atoms with Crippen LogP contribution < -0.4 is 15.4 Å². The maximum Gasteiger partial charge on any atom is 0.313 e. The summed E-state index contributed by atoms with van der Waals surface area (Å²) in [4.78, 5) is 23.8. The van der Waals surface area contributed by atoms with Gasteiger partial charge in [-0.15, -0.1) is 0 Å². The standard InChI is InChI=1S/C18H19FN2O4/c1-24-13-7-5-6-12(10-13)16(25-2)11-20-17(22)18(23)21-15-9-4-3-8-14(15)19/h3-10,16H,11H2,1-2H3,(H,20,22)(H,21,23). The van der Waals surface area contributed by atoms with Crippen molar-refractivity contribution in [2.45, 2.75) is 6.10 Å². The second-order valence-corrected chi connectivity index (χ2v) is 5.14. The molecule has 0 aliphatic rings. The van der Waals surface area contributed by atoms with Gasteiger partial charge in [0.1, 0.15) is 11.6 Å². The molecule has 2 rings (SSSR count). The SMILES string of the molecule is COc1cccc(C(CNC(=O)C(=O)Nc2ccccc2F)OC)c1. The number of carbonyl (C=O) groups is 2. The van der Waals surface area contributed by atoms with Crippen molar-refractivity contribution in [2.24, 2.45) is 0 Å². The van der Waals surface area contributed by atoms with Crippen LogP contribution in [-0.2, 0) is 14.3 Å². The molecule has 7 heteroatoms. The molecule has 0 spiro atoms. The van der Waals surface area contributed by atoms with Crippen LogP contribution >= 0.6 is 0 Å². The van der Waals surface area contributed by atoms with E-state index in [1.165, 1.54) is 25.3 Å². The summed E-state index contributed by atoms with van der Waals surface area (Å²) in [5, 5.41) is 4.69. The maximum atomic E-state index is 13.5. The summed E-state index contributed by atoms with van der Waals surface area (Å²) >= 11 is 0. The zero-order valence-corrected chi connectivity index (χ0v) is 13.9. The van der Waals surface area contributed by atoms with Gasteiger partial charge in [0.15, 0.2) is 0 Å². The van der Waals surface area contributed by atoms with Crippen molar-refractivity contribution in [3.63, 3.8) is 0 Å². The maximum absolute atomic E-state index is 13.5. The zero-order valence-electron chi connectivity index (χ0n) is 13.9. The highest BCUT2D eigenvalue weighted by molar-refractivity contribution is 6.39. The fourth-order valence-corrected chi connectivity index (χ4v) is 2.19. The number of halogens is 1. The molecule has 0 bridgehead atoms. The predicted molar refractivity (Wildman–Crippen MR) is 90.8 cm³/mol. The van der Waals surface area contributed by atoms with Gasteiger partial charge in [-0.1, -0.05) is 24.3 Å². The van der Waals surface area contributed by atoms with Crippen molar-refractivity contribution >= 4 is 17.5 Å². The first-order valence-corrected chi connectivity index (χ1v) is 7.55. The van der Waals surface area contributed by atoms with E-state index in [2.05, 4.69) is 10.6 Å². The zero-order chi connectivity index (χ0) is 18.2. The first-order valence-electron chi connectivity index (χ1n) is 7.55. The minimum Gasteiger partial charge on any atom is -0.497 e. The van der Waals surface area contributed by atoms with Gasteiger partial charge in [0.05, 0.1) is 18.9 Å². The molecule has 0 heterocycles. The van der Waals surface area contributed by atoms with Crippen LogP contribution in [0, 0.1) is 5.82 Å². The molecule has 2 aromatic carbocycles. The van der Waals surface area contributed by atoms with Crippen molar-refractivity contribution in [3.8, 4) is 5.75 Å². The molecular formula is C18H19FN2O4. The summed E-state index contributed by atoms with van der Waals surface area (Å²) in [7, 11) is 3.05. The molecular weight excluding hydrogens is 327 g/mol. The van der Waals surface area contributed by atoms with Gasteiger partial charge < -0.3 is 20.1 Å². The number of benzene rings is 2. The van der Waals surface area contributed by atoms with Crippen LogP contribution in [0.25, 0.3) is 0 Å². The van der Waals surface area contributed by atoms with Crippen LogP contribution in [0.1, 0.15) is 11.7 Å². The molecule has 2 amide bonds. The van der Waals surface area contributed by atoms with E-state index >= 15 is 0 Å². The Balaban J connectivity index is 1.95. The van der Waals surface area contributed by atoms with Gasteiger partial charge in [-0.3, -0.25) is 9.59 Å². The average molecular weight is 346 g/mol. The van der Waals surface area contributed by atoms with E-state index in [9.17, 15) is 14.0 Å². The summed E-state index contributed by atoms with van der Waals surface area (Å²) in [5.74, 6) is -1.79. The molecule has 6 nitrogen and oxygen atoms in total. The monoisotopic (exact) mass is 346 g/mol. The van der Waals surface area contributed by atoms with Crippen molar-refractivity contribution in [1.82, 2.24) is 5.32 Å². The minimum absolute atomic E-state index is 0.0567. The molecule has 1 atom stereocenters. The van der Waals surface area contributed by atoms with Gasteiger partial charge in [-0.25, -0.2) is 4.39 Å². The van der Waals surface area contributed by atoms with E-state index < -0.39 is 23.7 Å². The molecule has 2 N–H and O–H groups in total. The van der Waals surface area contributed by atoms with Crippen LogP contribution in [0.3, 0.4) is 0 Å². The van der Waals surface area contributed by atoms with Crippen LogP contribution in [0.5, 0.6) is 5.75 Å². The normalized spacial score (nSPS) is 11.5. The van der Waals surface area contributed by atoms with Crippen LogP contribution in [-0.4, -0.2) is 32.6 Å². The van der Waals surface area contributed by atoms with Gasteiger partial charge >= 0.3 is 11.8 Å². The summed E-state index contributed by atoms with van der Waals surface area (Å²) in [6.07, 6.45) is -0.458. The second-order valence-electron chi connectivity index (χ2n) is 5.14. The Hall–Kier alpha value is -2.93. The third kappa shape index (κ3) is 5.02. The lowest BCUT2D eigenvalue weighted by Gasteiger charge is -2.17. The summed E-state index contributed by atoms with van der Waals surface area (Å²) < 4.78 is 24.0. The minimum atomic E-state index is -0.953. The predicted octanol–water partition coefficient (Wildman–Crippen LogP) is 2.28. The molecule has 0 radical (unpaired) electrons. The Bertz CT molecular complexity index is 751. The van der Waals surface area contributed by atoms with Crippen molar-refractivity contribution in [3.05, 3.63) is 59.9 Å². The second kappa shape index (κ2) is 8.79. The van der Waals surface area contributed by atoms with Crippen molar-refractivity contribution in [2.75, 3.05) is 26.1 Å². The van der Waals surface area contributed by atoms with E-state index in [1.807, 2.05) is 6.07 Å². The average Bonchev–Trinajstić information content (AvgIpc) is 2.64. The Morgan fingerprint density at radius 1 is 1.08 bits per heavy atom. The molecule has 132 valence electrons. The molecule has 0 fully saturated rings. The highest BCUT2D eigenvalue weighted by Crippen LogP contribution is 2.21. The number of ether oxygens (including phenoxy) is 2. The Morgan fingerprint density at radius 2 is 1.84 bits per heavy atom. The lowest BCUT2D eigenvalue weighted by Crippen LogP contribution is -2.38. The summed E-state index contributed by atoms with van der Waals surface area (Å²) in [6.45, 7) is 0.0766. The number of carbonyl (C=O) groups excluding carboxylic acids is 2. The topological polar surface area (TPSA) is 76.7 Å². The van der Waals surface area contributed by atoms with Gasteiger partial charge in [-0.05, 0) is 29.8 Å². The number of rotatable bonds is 6. The lowest BCUT2D eigenvalue weighted by molar-refractivity contribution is -0.136. The molecule has 0 aliphatic carbocycles. The Morgan fingerprint density at radius 3 is 2.52 bits per heavy atom. The fourth-order valence-electron chi connectivity index (χ4n) is 2.19. The quantitative estimate of drug-likeness (QED) is 0.787. The fraction of sp³-hybridized carbons (Fsp3) is 0.222. The van der Waals surface area contributed by atoms with Crippen LogP contribution in [0.15, 0.2) is 48.5 Å². The summed E-state index contributed by atoms with van der Waals surface area (Å²) in [5.41, 5.74) is 0.732. The number of para-hydroxylation sites is 1. The molecule has 0 saturated heterocycles. The van der Waals surface area contributed by atoms with Crippen LogP contribution in [0.2, 0.25) is 0 Å². The number of amides is 2. The van der Waals surface area contributed by atoms with Gasteiger partial charge in [0, 0.05) is 13.7 Å². The highest BCUT2D eigenvalue weighted by atomic mass is 19.1. The smallest absolute Gasteiger partial charge is 0.313 e. The number of anilines is 1. The van der Waals surface area contributed by atoms with Gasteiger partial charge in [-0.2, -0.15) is 0 Å². The number of methoxy groups -OCH3 is 2. The molecule has 0 aliphatic heterocycles. The largest absolute Gasteiger partial charge is 0.497 e. The Kier molecular flexibility index (Phi) is 6.47. The number of hydrogen-bond acceptors (Lipinski definition) is 4. The molecule has 1 unspecified atom stereocenters. The number of hydrogen-bond donors (Lipinski definition) is 2. The van der Waals surface area contributed by atoms with Gasteiger partial charge in [0.25, 0.3) is 0 Å². The lowest BCUT2D eigenvalue weighted by atomic mass is 10.1. The summed E-state index contributed by atoms with van der Waals surface area (Å²) in [6, 6.07) is 12.8. The van der Waals surface area contributed by atoms with Gasteiger partial charge in [0.2, 0.25) is 0 Å². The van der Waals surface area contributed by atoms with E-state index in [0.717, 1.165) is 5.56 Å². The van der Waals surface area contributed by atoms with Crippen molar-refractivity contribution < 1.29 is 23.5 Å². The molecule has 25 heavy (non-hydrogen) atoms. The van der Waals surface area contributed by atoms with Crippen LogP contribution in [0.4, 0.5) is 10.1 Å². The molecule has 2 aromatic rings. The third-order valence-corrected chi connectivity index (χ3v) is 3.53. The van der Waals surface area contributed by atoms with E-state index in [1.54, 1.807) is 31.4 Å². The first kappa shape index (κ1) is 18.4. The van der Waals surface area contributed by atoms with E-state index in [0.29, 0.717) is 5.75 Å². The molecule has 0 aromatic heterocycles. The third-order valence-electron chi connectivity index (χ3n) is 3.53. The van der Waals surface area contributed by atoms with Crippen molar-refractivity contribution in [1.29, 1.82) is 0 Å². The Labute approximate surface area is 144 Å². The number of nitrogens with one attached hydrogen (secondary N) is 2. The molecule has 0 saturated carbocycles. The highest BCUT2D eigenvalue weighted by Gasteiger charge is 2.18.